The Morgan fingerprint density at radius 3 is 2.20 bits per heavy atom. The highest BCUT2D eigenvalue weighted by atomic mass is 32.2. The summed E-state index contributed by atoms with van der Waals surface area (Å²) >= 11 is 0. The summed E-state index contributed by atoms with van der Waals surface area (Å²) in [6.45, 7) is 9.38. The number of aryl methyl sites for hydroxylation is 1. The highest BCUT2D eigenvalue weighted by Gasteiger charge is 2.29. The van der Waals surface area contributed by atoms with Gasteiger partial charge in [-0.25, -0.2) is 8.42 Å². The van der Waals surface area contributed by atoms with E-state index < -0.39 is 10.0 Å². The predicted molar refractivity (Wildman–Crippen MR) is 132 cm³/mol. The SMILES string of the molecule is CCN(CC)C(=O)c1ccc(S(=O)(=O)N2CCN(Cc3nc(-c4ccc(C)cc4)no3)CC2)cc1. The van der Waals surface area contributed by atoms with Crippen molar-refractivity contribution in [1.82, 2.24) is 24.2 Å². The maximum absolute atomic E-state index is 13.1. The van der Waals surface area contributed by atoms with Gasteiger partial charge in [-0.3, -0.25) is 9.69 Å². The van der Waals surface area contributed by atoms with Gasteiger partial charge >= 0.3 is 0 Å². The molecule has 0 aliphatic carbocycles. The Morgan fingerprint density at radius 2 is 1.60 bits per heavy atom. The zero-order chi connectivity index (χ0) is 25.0. The van der Waals surface area contributed by atoms with Crippen LogP contribution in [0.4, 0.5) is 0 Å². The minimum Gasteiger partial charge on any atom is -0.339 e. The summed E-state index contributed by atoms with van der Waals surface area (Å²) in [5.74, 6) is 0.952. The van der Waals surface area contributed by atoms with Gasteiger partial charge in [0.05, 0.1) is 11.4 Å². The fourth-order valence-corrected chi connectivity index (χ4v) is 5.49. The number of hydrogen-bond donors (Lipinski definition) is 0. The van der Waals surface area contributed by atoms with Crippen LogP contribution in [-0.4, -0.2) is 77.8 Å². The van der Waals surface area contributed by atoms with Crippen LogP contribution in [0.25, 0.3) is 11.4 Å². The number of hydrogen-bond acceptors (Lipinski definition) is 7. The number of amides is 1. The number of aromatic nitrogens is 2. The molecule has 0 N–H and O–H groups in total. The molecular weight excluding hydrogens is 466 g/mol. The Labute approximate surface area is 206 Å². The maximum atomic E-state index is 13.1. The van der Waals surface area contributed by atoms with E-state index in [0.717, 1.165) is 11.1 Å². The topological polar surface area (TPSA) is 99.9 Å². The van der Waals surface area contributed by atoms with Gasteiger partial charge in [0.15, 0.2) is 0 Å². The zero-order valence-corrected chi connectivity index (χ0v) is 21.2. The monoisotopic (exact) mass is 497 g/mol. The summed E-state index contributed by atoms with van der Waals surface area (Å²) in [6, 6.07) is 14.1. The second-order valence-electron chi connectivity index (χ2n) is 8.56. The minimum atomic E-state index is -3.64. The second kappa shape index (κ2) is 10.7. The van der Waals surface area contributed by atoms with Crippen molar-refractivity contribution in [2.75, 3.05) is 39.3 Å². The summed E-state index contributed by atoms with van der Waals surface area (Å²) in [6.07, 6.45) is 0. The van der Waals surface area contributed by atoms with Crippen LogP contribution >= 0.6 is 0 Å². The third-order valence-electron chi connectivity index (χ3n) is 6.26. The van der Waals surface area contributed by atoms with E-state index in [1.165, 1.54) is 16.4 Å². The molecule has 1 aromatic heterocycles. The van der Waals surface area contributed by atoms with Gasteiger partial charge in [-0.1, -0.05) is 35.0 Å². The van der Waals surface area contributed by atoms with Crippen LogP contribution in [0, 0.1) is 6.92 Å². The van der Waals surface area contributed by atoms with Crippen LogP contribution in [0.15, 0.2) is 57.9 Å². The molecule has 0 unspecified atom stereocenters. The molecule has 2 heterocycles. The summed E-state index contributed by atoms with van der Waals surface area (Å²) < 4.78 is 33.2. The molecule has 2 aromatic carbocycles. The summed E-state index contributed by atoms with van der Waals surface area (Å²) in [7, 11) is -3.64. The van der Waals surface area contributed by atoms with Crippen LogP contribution in [0.2, 0.25) is 0 Å². The fraction of sp³-hybridized carbons (Fsp3) is 0.400. The lowest BCUT2D eigenvalue weighted by atomic mass is 10.1. The molecule has 3 aromatic rings. The molecule has 35 heavy (non-hydrogen) atoms. The molecule has 1 fully saturated rings. The van der Waals surface area contributed by atoms with Crippen molar-refractivity contribution in [3.63, 3.8) is 0 Å². The van der Waals surface area contributed by atoms with E-state index in [1.54, 1.807) is 17.0 Å². The number of carbonyl (C=O) groups excluding carboxylic acids is 1. The maximum Gasteiger partial charge on any atom is 0.253 e. The van der Waals surface area contributed by atoms with Gasteiger partial charge in [0.1, 0.15) is 0 Å². The lowest BCUT2D eigenvalue weighted by molar-refractivity contribution is 0.0773. The normalized spacial score (nSPS) is 15.3. The molecule has 0 spiro atoms. The Morgan fingerprint density at radius 1 is 0.971 bits per heavy atom. The molecule has 4 rings (SSSR count). The number of carbonyl (C=O) groups is 1. The Hall–Kier alpha value is -3.08. The van der Waals surface area contributed by atoms with Gasteiger partial charge in [0.2, 0.25) is 21.7 Å². The molecule has 9 nitrogen and oxygen atoms in total. The van der Waals surface area contributed by atoms with E-state index in [2.05, 4.69) is 15.0 Å². The van der Waals surface area contributed by atoms with Gasteiger partial charge in [-0.2, -0.15) is 9.29 Å². The summed E-state index contributed by atoms with van der Waals surface area (Å²) in [5, 5.41) is 4.07. The van der Waals surface area contributed by atoms with E-state index in [4.69, 9.17) is 4.52 Å². The first kappa shape index (κ1) is 25.0. The second-order valence-corrected chi connectivity index (χ2v) is 10.5. The Balaban J connectivity index is 1.35. The van der Waals surface area contributed by atoms with Gasteiger partial charge in [-0.15, -0.1) is 0 Å². The average molecular weight is 498 g/mol. The molecule has 1 aliphatic rings. The quantitative estimate of drug-likeness (QED) is 0.472. The molecule has 1 amide bonds. The van der Waals surface area contributed by atoms with E-state index in [-0.39, 0.29) is 10.8 Å². The van der Waals surface area contributed by atoms with E-state index in [0.29, 0.717) is 63.1 Å². The van der Waals surface area contributed by atoms with Crippen molar-refractivity contribution in [3.8, 4) is 11.4 Å². The number of piperazine rings is 1. The van der Waals surface area contributed by atoms with Crippen LogP contribution < -0.4 is 0 Å². The van der Waals surface area contributed by atoms with E-state index >= 15 is 0 Å². The third kappa shape index (κ3) is 5.61. The lowest BCUT2D eigenvalue weighted by Crippen LogP contribution is -2.48. The van der Waals surface area contributed by atoms with Crippen LogP contribution in [0.1, 0.15) is 35.7 Å². The summed E-state index contributed by atoms with van der Waals surface area (Å²) in [5.41, 5.74) is 2.54. The predicted octanol–water partition coefficient (Wildman–Crippen LogP) is 3.03. The smallest absolute Gasteiger partial charge is 0.253 e. The van der Waals surface area contributed by atoms with Crippen molar-refractivity contribution < 1.29 is 17.7 Å². The standard InChI is InChI=1S/C25H31N5O4S/c1-4-29(5-2)25(31)21-10-12-22(13-11-21)35(32,33)30-16-14-28(15-17-30)18-23-26-24(27-34-23)20-8-6-19(3)7-9-20/h6-13H,4-5,14-18H2,1-3H3. The van der Waals surface area contributed by atoms with Crippen LogP contribution in [-0.2, 0) is 16.6 Å². The number of sulfonamides is 1. The highest BCUT2D eigenvalue weighted by molar-refractivity contribution is 7.89. The third-order valence-corrected chi connectivity index (χ3v) is 8.17. The average Bonchev–Trinajstić information content (AvgIpc) is 3.34. The molecule has 0 radical (unpaired) electrons. The molecule has 1 saturated heterocycles. The van der Waals surface area contributed by atoms with Crippen molar-refractivity contribution in [2.24, 2.45) is 0 Å². The molecule has 1 aliphatic heterocycles. The van der Waals surface area contributed by atoms with Gasteiger partial charge in [-0.05, 0) is 45.0 Å². The minimum absolute atomic E-state index is 0.0980. The Bertz CT molecular complexity index is 1240. The molecular formula is C25H31N5O4S. The van der Waals surface area contributed by atoms with Gasteiger partial charge in [0, 0.05) is 50.4 Å². The molecule has 0 bridgehead atoms. The van der Waals surface area contributed by atoms with E-state index in [9.17, 15) is 13.2 Å². The van der Waals surface area contributed by atoms with Crippen molar-refractivity contribution in [1.29, 1.82) is 0 Å². The fourth-order valence-electron chi connectivity index (χ4n) is 4.07. The number of benzene rings is 2. The van der Waals surface area contributed by atoms with Gasteiger partial charge in [0.25, 0.3) is 5.91 Å². The van der Waals surface area contributed by atoms with Crippen molar-refractivity contribution in [3.05, 3.63) is 65.5 Å². The number of rotatable bonds is 8. The van der Waals surface area contributed by atoms with Gasteiger partial charge < -0.3 is 9.42 Å². The lowest BCUT2D eigenvalue weighted by Gasteiger charge is -2.33. The summed E-state index contributed by atoms with van der Waals surface area (Å²) in [4.78, 5) is 21.0. The first-order chi connectivity index (χ1) is 16.8. The largest absolute Gasteiger partial charge is 0.339 e. The van der Waals surface area contributed by atoms with Crippen molar-refractivity contribution in [2.45, 2.75) is 32.2 Å². The first-order valence-electron chi connectivity index (χ1n) is 11.8. The first-order valence-corrected chi connectivity index (χ1v) is 13.3. The molecule has 186 valence electrons. The van der Waals surface area contributed by atoms with E-state index in [1.807, 2.05) is 45.0 Å². The molecule has 10 heteroatoms. The zero-order valence-electron chi connectivity index (χ0n) is 20.3. The van der Waals surface area contributed by atoms with Crippen LogP contribution in [0.5, 0.6) is 0 Å². The highest BCUT2D eigenvalue weighted by Crippen LogP contribution is 2.21. The van der Waals surface area contributed by atoms with Crippen LogP contribution in [0.3, 0.4) is 0 Å². The Kier molecular flexibility index (Phi) is 7.63. The number of nitrogens with zero attached hydrogens (tertiary/aromatic N) is 5. The molecule has 0 saturated carbocycles. The molecule has 0 atom stereocenters. The van der Waals surface area contributed by atoms with Crippen molar-refractivity contribution >= 4 is 15.9 Å².